The molecule has 0 bridgehead atoms. The summed E-state index contributed by atoms with van der Waals surface area (Å²) in [5, 5.41) is 3.76. The summed E-state index contributed by atoms with van der Waals surface area (Å²) in [6, 6.07) is 9.70. The number of sulfonamides is 1. The standard InChI is InChI=1S/C20H22N4O6S/c21-17(25)13-28-15-8-4-3-7-14(15)19-22-20(30-23-19)16-9-10-18(29-16)31(26,27)24-11-5-1-2-6-12-24/h3-4,7-10H,1-2,5-6,11-13H2,(H2,21,25). The third-order valence-corrected chi connectivity index (χ3v) is 6.65. The molecule has 31 heavy (non-hydrogen) atoms. The van der Waals surface area contributed by atoms with E-state index in [9.17, 15) is 13.2 Å². The van der Waals surface area contributed by atoms with Crippen LogP contribution in [0.4, 0.5) is 0 Å². The molecule has 164 valence electrons. The van der Waals surface area contributed by atoms with Gasteiger partial charge in [-0.15, -0.1) is 0 Å². The first-order chi connectivity index (χ1) is 14.9. The second-order valence-corrected chi connectivity index (χ2v) is 8.98. The number of para-hydroxylation sites is 1. The van der Waals surface area contributed by atoms with Gasteiger partial charge in [0.15, 0.2) is 12.4 Å². The van der Waals surface area contributed by atoms with Crippen LogP contribution in [0.15, 0.2) is 50.4 Å². The summed E-state index contributed by atoms with van der Waals surface area (Å²) in [6.45, 7) is 0.661. The number of nitrogens with two attached hydrogens (primary N) is 1. The Labute approximate surface area is 179 Å². The van der Waals surface area contributed by atoms with Crippen LogP contribution >= 0.6 is 0 Å². The third kappa shape index (κ3) is 4.62. The Balaban J connectivity index is 1.57. The number of benzene rings is 1. The number of carbonyl (C=O) groups is 1. The van der Waals surface area contributed by atoms with Crippen molar-refractivity contribution in [3.63, 3.8) is 0 Å². The molecule has 1 fully saturated rings. The van der Waals surface area contributed by atoms with E-state index in [-0.39, 0.29) is 29.2 Å². The summed E-state index contributed by atoms with van der Waals surface area (Å²) in [6.07, 6.45) is 3.70. The number of primary amides is 1. The lowest BCUT2D eigenvalue weighted by Gasteiger charge is -2.17. The highest BCUT2D eigenvalue weighted by molar-refractivity contribution is 7.89. The average molecular weight is 446 g/mol. The zero-order chi connectivity index (χ0) is 21.8. The van der Waals surface area contributed by atoms with Crippen molar-refractivity contribution in [1.82, 2.24) is 14.4 Å². The van der Waals surface area contributed by atoms with Crippen molar-refractivity contribution in [1.29, 1.82) is 0 Å². The maximum atomic E-state index is 12.9. The predicted molar refractivity (Wildman–Crippen MR) is 109 cm³/mol. The Hall–Kier alpha value is -3.18. The lowest BCUT2D eigenvalue weighted by Crippen LogP contribution is -2.31. The summed E-state index contributed by atoms with van der Waals surface area (Å²) >= 11 is 0. The predicted octanol–water partition coefficient (Wildman–Crippen LogP) is 2.43. The van der Waals surface area contributed by atoms with E-state index in [1.165, 1.54) is 16.4 Å². The summed E-state index contributed by atoms with van der Waals surface area (Å²) in [4.78, 5) is 15.3. The lowest BCUT2D eigenvalue weighted by atomic mass is 10.2. The van der Waals surface area contributed by atoms with Gasteiger partial charge >= 0.3 is 0 Å². The molecule has 2 N–H and O–H groups in total. The second-order valence-electron chi connectivity index (χ2n) is 7.11. The number of hydrogen-bond donors (Lipinski definition) is 1. The number of rotatable bonds is 7. The van der Waals surface area contributed by atoms with E-state index in [2.05, 4.69) is 10.1 Å². The molecule has 1 aromatic carbocycles. The fraction of sp³-hybridized carbons (Fsp3) is 0.350. The first-order valence-electron chi connectivity index (χ1n) is 9.90. The number of aromatic nitrogens is 2. The lowest BCUT2D eigenvalue weighted by molar-refractivity contribution is -0.119. The largest absolute Gasteiger partial charge is 0.483 e. The number of ether oxygens (including phenoxy) is 1. The SMILES string of the molecule is NC(=O)COc1ccccc1-c1noc(-c2ccc(S(=O)(=O)N3CCCCCC3)o2)n1. The molecule has 11 heteroatoms. The van der Waals surface area contributed by atoms with Gasteiger partial charge < -0.3 is 19.4 Å². The summed E-state index contributed by atoms with van der Waals surface area (Å²) in [5.74, 6) is 0.109. The van der Waals surface area contributed by atoms with Crippen molar-refractivity contribution < 1.29 is 26.9 Å². The van der Waals surface area contributed by atoms with E-state index >= 15 is 0 Å². The van der Waals surface area contributed by atoms with Crippen molar-refractivity contribution >= 4 is 15.9 Å². The molecule has 1 aliphatic rings. The summed E-state index contributed by atoms with van der Waals surface area (Å²) < 4.78 is 43.5. The molecule has 3 aromatic rings. The fourth-order valence-electron chi connectivity index (χ4n) is 3.34. The maximum Gasteiger partial charge on any atom is 0.294 e. The van der Waals surface area contributed by atoms with Crippen LogP contribution in [0, 0.1) is 0 Å². The zero-order valence-corrected chi connectivity index (χ0v) is 17.5. The highest BCUT2D eigenvalue weighted by Gasteiger charge is 2.29. The van der Waals surface area contributed by atoms with Crippen molar-refractivity contribution in [2.24, 2.45) is 5.73 Å². The molecule has 0 aliphatic carbocycles. The van der Waals surface area contributed by atoms with Crippen LogP contribution in [0.2, 0.25) is 0 Å². The molecular weight excluding hydrogens is 424 g/mol. The van der Waals surface area contributed by atoms with Crippen LogP contribution < -0.4 is 10.5 Å². The van der Waals surface area contributed by atoms with E-state index in [4.69, 9.17) is 19.4 Å². The number of carbonyl (C=O) groups excluding carboxylic acids is 1. The Morgan fingerprint density at radius 3 is 2.58 bits per heavy atom. The number of hydrogen-bond acceptors (Lipinski definition) is 8. The minimum atomic E-state index is -3.73. The van der Waals surface area contributed by atoms with Gasteiger partial charge in [0, 0.05) is 13.1 Å². The Bertz CT molecular complexity index is 1160. The highest BCUT2D eigenvalue weighted by Crippen LogP contribution is 2.31. The molecule has 0 atom stereocenters. The van der Waals surface area contributed by atoms with Gasteiger partial charge in [0.25, 0.3) is 21.8 Å². The normalized spacial score (nSPS) is 15.5. The van der Waals surface area contributed by atoms with Crippen LogP contribution in [0.5, 0.6) is 5.75 Å². The topological polar surface area (TPSA) is 142 Å². The maximum absolute atomic E-state index is 12.9. The molecule has 2 aromatic heterocycles. The molecule has 0 radical (unpaired) electrons. The Morgan fingerprint density at radius 2 is 1.84 bits per heavy atom. The summed E-state index contributed by atoms with van der Waals surface area (Å²) in [7, 11) is -3.73. The van der Waals surface area contributed by atoms with Gasteiger partial charge in [-0.05, 0) is 37.1 Å². The molecule has 1 aliphatic heterocycles. The first-order valence-corrected chi connectivity index (χ1v) is 11.3. The monoisotopic (exact) mass is 446 g/mol. The van der Waals surface area contributed by atoms with Gasteiger partial charge in [-0.1, -0.05) is 30.1 Å². The van der Waals surface area contributed by atoms with E-state index in [0.29, 0.717) is 24.4 Å². The van der Waals surface area contributed by atoms with Crippen LogP contribution in [-0.4, -0.2) is 48.5 Å². The number of furan rings is 1. The van der Waals surface area contributed by atoms with Gasteiger partial charge in [-0.3, -0.25) is 4.79 Å². The average Bonchev–Trinajstić information content (AvgIpc) is 3.36. The molecule has 3 heterocycles. The number of nitrogens with zero attached hydrogens (tertiary/aromatic N) is 3. The van der Waals surface area contributed by atoms with Crippen LogP contribution in [0.1, 0.15) is 25.7 Å². The van der Waals surface area contributed by atoms with Crippen molar-refractivity contribution in [3.05, 3.63) is 36.4 Å². The van der Waals surface area contributed by atoms with Gasteiger partial charge in [0.1, 0.15) is 5.75 Å². The van der Waals surface area contributed by atoms with Crippen molar-refractivity contribution in [3.8, 4) is 28.8 Å². The number of amides is 1. The summed E-state index contributed by atoms with van der Waals surface area (Å²) in [5.41, 5.74) is 5.62. The smallest absolute Gasteiger partial charge is 0.294 e. The van der Waals surface area contributed by atoms with Crippen LogP contribution in [-0.2, 0) is 14.8 Å². The van der Waals surface area contributed by atoms with Gasteiger partial charge in [-0.25, -0.2) is 8.42 Å². The molecular formula is C20H22N4O6S. The van der Waals surface area contributed by atoms with E-state index in [0.717, 1.165) is 25.7 Å². The van der Waals surface area contributed by atoms with Crippen molar-refractivity contribution in [2.45, 2.75) is 30.8 Å². The molecule has 0 unspecified atom stereocenters. The minimum absolute atomic E-state index is 0.0250. The first kappa shape index (κ1) is 21.1. The minimum Gasteiger partial charge on any atom is -0.483 e. The fourth-order valence-corrected chi connectivity index (χ4v) is 4.77. The van der Waals surface area contributed by atoms with Gasteiger partial charge in [0.05, 0.1) is 5.56 Å². The van der Waals surface area contributed by atoms with Crippen LogP contribution in [0.25, 0.3) is 23.0 Å². The van der Waals surface area contributed by atoms with E-state index in [1.54, 1.807) is 24.3 Å². The highest BCUT2D eigenvalue weighted by atomic mass is 32.2. The molecule has 10 nitrogen and oxygen atoms in total. The second kappa shape index (κ2) is 8.90. The molecule has 4 rings (SSSR count). The van der Waals surface area contributed by atoms with Crippen LogP contribution in [0.3, 0.4) is 0 Å². The molecule has 1 amide bonds. The molecule has 0 saturated carbocycles. The Morgan fingerprint density at radius 1 is 1.10 bits per heavy atom. The van der Waals surface area contributed by atoms with E-state index in [1.807, 2.05) is 0 Å². The van der Waals surface area contributed by atoms with Gasteiger partial charge in [0.2, 0.25) is 10.9 Å². The third-order valence-electron chi connectivity index (χ3n) is 4.88. The Kier molecular flexibility index (Phi) is 6.05. The quantitative estimate of drug-likeness (QED) is 0.583. The van der Waals surface area contributed by atoms with Crippen molar-refractivity contribution in [2.75, 3.05) is 19.7 Å². The molecule has 1 saturated heterocycles. The van der Waals surface area contributed by atoms with E-state index < -0.39 is 15.9 Å². The zero-order valence-electron chi connectivity index (χ0n) is 16.7. The van der Waals surface area contributed by atoms with Gasteiger partial charge in [-0.2, -0.15) is 9.29 Å². The molecule has 0 spiro atoms.